The summed E-state index contributed by atoms with van der Waals surface area (Å²) in [6, 6.07) is 27.1. The molecule has 1 aliphatic heterocycles. The summed E-state index contributed by atoms with van der Waals surface area (Å²) in [4.78, 5) is 13.4. The van der Waals surface area contributed by atoms with Crippen molar-refractivity contribution in [1.29, 1.82) is 0 Å². The fraction of sp³-hybridized carbons (Fsp3) is 0.276. The molecule has 5 heteroatoms. The number of likely N-dealkylation sites (tertiary alicyclic amines) is 1. The van der Waals surface area contributed by atoms with Crippen molar-refractivity contribution in [3.8, 4) is 0 Å². The van der Waals surface area contributed by atoms with Crippen molar-refractivity contribution in [1.82, 2.24) is 10.2 Å². The average Bonchev–Trinajstić information content (AvgIpc) is 2.88. The first kappa shape index (κ1) is 23.4. The van der Waals surface area contributed by atoms with E-state index in [4.69, 9.17) is 11.5 Å². The predicted molar refractivity (Wildman–Crippen MR) is 139 cm³/mol. The van der Waals surface area contributed by atoms with Crippen LogP contribution >= 0.6 is 0 Å². The second kappa shape index (κ2) is 10.9. The van der Waals surface area contributed by atoms with Gasteiger partial charge in [0.15, 0.2) is 0 Å². The molecule has 1 aliphatic rings. The molecule has 0 unspecified atom stereocenters. The summed E-state index contributed by atoms with van der Waals surface area (Å²) >= 11 is 0. The second-order valence-electron chi connectivity index (χ2n) is 9.03. The van der Waals surface area contributed by atoms with Crippen molar-refractivity contribution >= 4 is 17.4 Å². The van der Waals surface area contributed by atoms with Gasteiger partial charge in [0.05, 0.1) is 0 Å². The van der Waals surface area contributed by atoms with Gasteiger partial charge in [0, 0.05) is 49.1 Å². The van der Waals surface area contributed by atoms with Gasteiger partial charge < -0.3 is 21.7 Å². The molecule has 1 amide bonds. The minimum atomic E-state index is -0.00807. The van der Waals surface area contributed by atoms with Crippen LogP contribution in [-0.2, 0) is 17.8 Å². The van der Waals surface area contributed by atoms with Gasteiger partial charge in [0.25, 0.3) is 0 Å². The Labute approximate surface area is 201 Å². The molecule has 176 valence electrons. The van der Waals surface area contributed by atoms with Gasteiger partial charge >= 0.3 is 0 Å². The van der Waals surface area contributed by atoms with Crippen molar-refractivity contribution in [3.63, 3.8) is 0 Å². The lowest BCUT2D eigenvalue weighted by atomic mass is 9.89. The van der Waals surface area contributed by atoms with Gasteiger partial charge in [0.1, 0.15) is 5.82 Å². The number of piperidine rings is 1. The topological polar surface area (TPSA) is 84.4 Å². The van der Waals surface area contributed by atoms with Crippen LogP contribution in [0.3, 0.4) is 0 Å². The molecule has 5 N–H and O–H groups in total. The highest BCUT2D eigenvalue weighted by molar-refractivity contribution is 5.72. The summed E-state index contributed by atoms with van der Waals surface area (Å²) < 4.78 is 0. The van der Waals surface area contributed by atoms with Crippen LogP contribution in [0.15, 0.2) is 78.9 Å². The third kappa shape index (κ3) is 5.79. The molecule has 0 aromatic heterocycles. The maximum Gasteiger partial charge on any atom is 0.217 e. The minimum absolute atomic E-state index is 0.00807. The number of nitrogens with two attached hydrogens (primary N) is 2. The molecular formula is C29H34N4O. The fourth-order valence-corrected chi connectivity index (χ4v) is 4.66. The molecule has 0 aliphatic carbocycles. The van der Waals surface area contributed by atoms with E-state index in [0.717, 1.165) is 53.4 Å². The Hall–Kier alpha value is -3.73. The first-order chi connectivity index (χ1) is 16.5. The van der Waals surface area contributed by atoms with Gasteiger partial charge in [-0.15, -0.1) is 0 Å². The SMILES string of the molecule is CC(=O)NCc1ccc(C2CCN(/C(N)=c3\cccc\c3=C(\N)Cc3ccccc3)CC2)cc1. The molecule has 0 atom stereocenters. The number of rotatable bonds is 6. The number of nitrogens with zero attached hydrogens (tertiary/aromatic N) is 1. The van der Waals surface area contributed by atoms with Crippen molar-refractivity contribution in [2.75, 3.05) is 13.1 Å². The molecule has 3 aromatic rings. The standard InChI is InChI=1S/C29H34N4O/c1-21(34)32-20-23-11-13-24(14-12-23)25-15-17-33(18-16-25)29(31)27-10-6-5-9-26(27)28(30)19-22-7-3-2-4-8-22/h2-14,25H,15-20,30-31H2,1H3,(H,32,34)/b28-26-,29-27+. The van der Waals surface area contributed by atoms with Gasteiger partial charge in [-0.2, -0.15) is 0 Å². The van der Waals surface area contributed by atoms with E-state index in [9.17, 15) is 4.79 Å². The predicted octanol–water partition coefficient (Wildman–Crippen LogP) is 2.54. The number of hydrogen-bond acceptors (Lipinski definition) is 4. The first-order valence-corrected chi connectivity index (χ1v) is 12.0. The highest BCUT2D eigenvalue weighted by Crippen LogP contribution is 2.29. The Morgan fingerprint density at radius 2 is 1.47 bits per heavy atom. The van der Waals surface area contributed by atoms with Crippen LogP contribution in [0.25, 0.3) is 11.5 Å². The monoisotopic (exact) mass is 454 g/mol. The van der Waals surface area contributed by atoms with E-state index in [2.05, 4.69) is 58.7 Å². The molecular weight excluding hydrogens is 420 g/mol. The van der Waals surface area contributed by atoms with Gasteiger partial charge in [-0.05, 0) is 35.4 Å². The van der Waals surface area contributed by atoms with E-state index in [0.29, 0.717) is 18.9 Å². The molecule has 1 saturated heterocycles. The highest BCUT2D eigenvalue weighted by atomic mass is 16.1. The Morgan fingerprint density at radius 3 is 2.12 bits per heavy atom. The van der Waals surface area contributed by atoms with Crippen molar-refractivity contribution in [3.05, 3.63) is 106 Å². The number of hydrogen-bond donors (Lipinski definition) is 3. The molecule has 5 nitrogen and oxygen atoms in total. The first-order valence-electron chi connectivity index (χ1n) is 12.0. The Bertz CT molecular complexity index is 1230. The maximum atomic E-state index is 11.1. The van der Waals surface area contributed by atoms with Gasteiger partial charge in [-0.3, -0.25) is 4.79 Å². The van der Waals surface area contributed by atoms with Crippen molar-refractivity contribution < 1.29 is 4.79 Å². The van der Waals surface area contributed by atoms with Crippen LogP contribution in [0.4, 0.5) is 0 Å². The number of benzene rings is 3. The number of nitrogens with one attached hydrogen (secondary N) is 1. The summed E-state index contributed by atoms with van der Waals surface area (Å²) in [6.45, 7) is 3.94. The zero-order chi connectivity index (χ0) is 23.9. The van der Waals surface area contributed by atoms with Crippen molar-refractivity contribution in [2.24, 2.45) is 11.5 Å². The summed E-state index contributed by atoms with van der Waals surface area (Å²) in [6.07, 6.45) is 2.80. The molecule has 0 bridgehead atoms. The molecule has 0 spiro atoms. The fourth-order valence-electron chi connectivity index (χ4n) is 4.66. The Morgan fingerprint density at radius 1 is 0.853 bits per heavy atom. The highest BCUT2D eigenvalue weighted by Gasteiger charge is 2.21. The Balaban J connectivity index is 1.48. The van der Waals surface area contributed by atoms with Crippen LogP contribution in [0.5, 0.6) is 0 Å². The largest absolute Gasteiger partial charge is 0.401 e. The lowest BCUT2D eigenvalue weighted by Crippen LogP contribution is -2.43. The number of amides is 1. The maximum absolute atomic E-state index is 11.1. The molecule has 4 rings (SSSR count). The van der Waals surface area contributed by atoms with Crippen LogP contribution in [-0.4, -0.2) is 23.9 Å². The average molecular weight is 455 g/mol. The molecule has 3 aromatic carbocycles. The Kier molecular flexibility index (Phi) is 7.53. The summed E-state index contributed by atoms with van der Waals surface area (Å²) in [5.74, 6) is 1.31. The third-order valence-corrected chi connectivity index (χ3v) is 6.61. The molecule has 1 heterocycles. The summed E-state index contributed by atoms with van der Waals surface area (Å²) in [7, 11) is 0. The van der Waals surface area contributed by atoms with Crippen LogP contribution in [0.2, 0.25) is 0 Å². The van der Waals surface area contributed by atoms with E-state index in [1.54, 1.807) is 6.92 Å². The third-order valence-electron chi connectivity index (χ3n) is 6.61. The van der Waals surface area contributed by atoms with Crippen molar-refractivity contribution in [2.45, 2.75) is 38.6 Å². The molecule has 1 fully saturated rings. The molecule has 0 saturated carbocycles. The zero-order valence-electron chi connectivity index (χ0n) is 19.8. The zero-order valence-corrected chi connectivity index (χ0v) is 19.8. The smallest absolute Gasteiger partial charge is 0.217 e. The van der Waals surface area contributed by atoms with E-state index in [1.807, 2.05) is 30.3 Å². The second-order valence-corrected chi connectivity index (χ2v) is 9.03. The molecule has 0 radical (unpaired) electrons. The van der Waals surface area contributed by atoms with Gasteiger partial charge in [0.2, 0.25) is 5.91 Å². The summed E-state index contributed by atoms with van der Waals surface area (Å²) in [5.41, 5.74) is 17.7. The minimum Gasteiger partial charge on any atom is -0.401 e. The quantitative estimate of drug-likeness (QED) is 0.534. The van der Waals surface area contributed by atoms with Crippen LogP contribution < -0.4 is 27.2 Å². The lowest BCUT2D eigenvalue weighted by molar-refractivity contribution is -0.119. The lowest BCUT2D eigenvalue weighted by Gasteiger charge is -2.34. The molecule has 34 heavy (non-hydrogen) atoms. The number of carbonyl (C=O) groups is 1. The van der Waals surface area contributed by atoms with Crippen LogP contribution in [0, 0.1) is 0 Å². The summed E-state index contributed by atoms with van der Waals surface area (Å²) in [5, 5.41) is 4.87. The number of carbonyl (C=O) groups excluding carboxylic acids is 1. The van der Waals surface area contributed by atoms with Crippen LogP contribution in [0.1, 0.15) is 42.4 Å². The van der Waals surface area contributed by atoms with E-state index >= 15 is 0 Å². The van der Waals surface area contributed by atoms with E-state index in [-0.39, 0.29) is 5.91 Å². The van der Waals surface area contributed by atoms with E-state index in [1.165, 1.54) is 11.1 Å². The van der Waals surface area contributed by atoms with Gasteiger partial charge in [-0.25, -0.2) is 0 Å². The van der Waals surface area contributed by atoms with E-state index < -0.39 is 0 Å². The van der Waals surface area contributed by atoms with Gasteiger partial charge in [-0.1, -0.05) is 78.9 Å². The normalized spacial score (nSPS) is 16.1.